The molecule has 2 heterocycles. The summed E-state index contributed by atoms with van der Waals surface area (Å²) < 4.78 is 0. The van der Waals surface area contributed by atoms with E-state index in [1.54, 1.807) is 0 Å². The third-order valence-electron chi connectivity index (χ3n) is 10.2. The lowest BCUT2D eigenvalue weighted by molar-refractivity contribution is 0.828. The highest BCUT2D eigenvalue weighted by Crippen LogP contribution is 2.47. The molecule has 0 radical (unpaired) electrons. The van der Waals surface area contributed by atoms with Crippen LogP contribution >= 0.6 is 0 Å². The Bertz CT molecular complexity index is 2690. The minimum Gasteiger partial charge on any atom is -0.359 e. The van der Waals surface area contributed by atoms with Crippen molar-refractivity contribution in [3.8, 4) is 11.3 Å². The summed E-state index contributed by atoms with van der Waals surface area (Å²) in [5.74, 6) is 0. The molecule has 0 saturated heterocycles. The summed E-state index contributed by atoms with van der Waals surface area (Å²) in [6, 6.07) is 69.1. The van der Waals surface area contributed by atoms with Gasteiger partial charge in [0.1, 0.15) is 6.17 Å². The van der Waals surface area contributed by atoms with Crippen molar-refractivity contribution in [1.82, 2.24) is 4.98 Å². The Morgan fingerprint density at radius 2 is 1.19 bits per heavy atom. The highest BCUT2D eigenvalue weighted by atomic mass is 15.3. The van der Waals surface area contributed by atoms with Crippen LogP contribution in [0.15, 0.2) is 194 Å². The second kappa shape index (κ2) is 12.4. The monoisotopic (exact) mass is 666 g/mol. The van der Waals surface area contributed by atoms with E-state index in [1.165, 1.54) is 27.4 Å². The smallest absolute Gasteiger partial charge is 0.130 e. The maximum atomic E-state index is 5.46. The molecule has 9 aromatic rings. The minimum atomic E-state index is -0.0724. The molecular weight excluding hydrogens is 633 g/mol. The average molecular weight is 667 g/mol. The van der Waals surface area contributed by atoms with Gasteiger partial charge in [0.25, 0.3) is 0 Å². The van der Waals surface area contributed by atoms with E-state index in [0.29, 0.717) is 0 Å². The van der Waals surface area contributed by atoms with Gasteiger partial charge in [0.15, 0.2) is 0 Å². The number of rotatable bonds is 6. The van der Waals surface area contributed by atoms with Gasteiger partial charge in [-0.1, -0.05) is 121 Å². The molecule has 1 aromatic heterocycles. The van der Waals surface area contributed by atoms with E-state index < -0.39 is 0 Å². The van der Waals surface area contributed by atoms with Crippen molar-refractivity contribution in [2.24, 2.45) is 0 Å². The predicted octanol–water partition coefficient (Wildman–Crippen LogP) is 12.9. The quantitative estimate of drug-likeness (QED) is 0.179. The summed E-state index contributed by atoms with van der Waals surface area (Å²) in [5, 5.41) is 9.72. The van der Waals surface area contributed by atoms with E-state index in [4.69, 9.17) is 4.98 Å². The van der Waals surface area contributed by atoms with Gasteiger partial charge in [-0.25, -0.2) is 4.98 Å². The van der Waals surface area contributed by atoms with E-state index in [0.717, 1.165) is 56.0 Å². The lowest BCUT2D eigenvalue weighted by atomic mass is 9.94. The lowest BCUT2D eigenvalue weighted by Crippen LogP contribution is -2.23. The number of para-hydroxylation sites is 5. The van der Waals surface area contributed by atoms with Crippen molar-refractivity contribution < 1.29 is 0 Å². The van der Waals surface area contributed by atoms with Crippen molar-refractivity contribution >= 4 is 66.6 Å². The standard InChI is InChI=1S/C48H34N4/c1-4-18-36(19-5-1)51(37-20-6-2-7-21-37)39-28-30-43-42(32-39)46-40-24-11-10-15-33(40)27-29-41(46)47(49-43)34-16-14-17-35(31-34)48-50-44-25-12-13-26-45(44)52(48)38-22-8-3-9-23-38/h1-32,48,50H. The van der Waals surface area contributed by atoms with Gasteiger partial charge in [-0.3, -0.25) is 0 Å². The predicted molar refractivity (Wildman–Crippen MR) is 218 cm³/mol. The lowest BCUT2D eigenvalue weighted by Gasteiger charge is -2.28. The van der Waals surface area contributed by atoms with E-state index in [9.17, 15) is 0 Å². The van der Waals surface area contributed by atoms with Crippen molar-refractivity contribution in [2.75, 3.05) is 15.1 Å². The van der Waals surface area contributed by atoms with Crippen LogP contribution in [0.1, 0.15) is 11.7 Å². The molecule has 1 atom stereocenters. The Morgan fingerprint density at radius 1 is 0.500 bits per heavy atom. The summed E-state index contributed by atoms with van der Waals surface area (Å²) in [6.07, 6.45) is -0.0724. The number of hydrogen-bond acceptors (Lipinski definition) is 4. The fraction of sp³-hybridized carbons (Fsp3) is 0.0208. The first kappa shape index (κ1) is 30.0. The minimum absolute atomic E-state index is 0.0724. The van der Waals surface area contributed by atoms with Crippen LogP contribution in [-0.4, -0.2) is 4.98 Å². The maximum absolute atomic E-state index is 5.46. The van der Waals surface area contributed by atoms with Crippen LogP contribution in [0.5, 0.6) is 0 Å². The molecule has 1 unspecified atom stereocenters. The Balaban J connectivity index is 1.16. The second-order valence-electron chi connectivity index (χ2n) is 13.3. The van der Waals surface area contributed by atoms with Gasteiger partial charge in [-0.05, 0) is 89.1 Å². The van der Waals surface area contributed by atoms with E-state index in [1.807, 2.05) is 0 Å². The number of anilines is 6. The number of aromatic nitrogens is 1. The fourth-order valence-corrected chi connectivity index (χ4v) is 7.84. The molecule has 1 N–H and O–H groups in total. The van der Waals surface area contributed by atoms with Gasteiger partial charge in [0.2, 0.25) is 0 Å². The van der Waals surface area contributed by atoms with Gasteiger partial charge in [-0.2, -0.15) is 0 Å². The Morgan fingerprint density at radius 3 is 1.98 bits per heavy atom. The third-order valence-corrected chi connectivity index (χ3v) is 10.2. The average Bonchev–Trinajstić information content (AvgIpc) is 3.61. The molecule has 1 aliphatic heterocycles. The van der Waals surface area contributed by atoms with Crippen molar-refractivity contribution in [1.29, 1.82) is 0 Å². The molecule has 10 rings (SSSR count). The van der Waals surface area contributed by atoms with Crippen LogP contribution in [0.3, 0.4) is 0 Å². The SMILES string of the molecule is c1ccc(N(c2ccccc2)c2ccc3nc(-c4cccc(C5Nc6ccccc6N5c5ccccc5)c4)c4ccc5ccccc5c4c3c2)cc1. The first-order valence-corrected chi connectivity index (χ1v) is 17.8. The maximum Gasteiger partial charge on any atom is 0.130 e. The van der Waals surface area contributed by atoms with Crippen LogP contribution < -0.4 is 15.1 Å². The van der Waals surface area contributed by atoms with E-state index >= 15 is 0 Å². The molecule has 8 aromatic carbocycles. The summed E-state index contributed by atoms with van der Waals surface area (Å²) in [7, 11) is 0. The van der Waals surface area contributed by atoms with Gasteiger partial charge < -0.3 is 15.1 Å². The first-order valence-electron chi connectivity index (χ1n) is 17.8. The largest absolute Gasteiger partial charge is 0.359 e. The third kappa shape index (κ3) is 5.04. The highest BCUT2D eigenvalue weighted by Gasteiger charge is 2.31. The molecule has 246 valence electrons. The molecule has 1 aliphatic rings. The zero-order valence-corrected chi connectivity index (χ0v) is 28.4. The van der Waals surface area contributed by atoms with E-state index in [2.05, 4.69) is 209 Å². The highest BCUT2D eigenvalue weighted by molar-refractivity contribution is 6.23. The van der Waals surface area contributed by atoms with E-state index in [-0.39, 0.29) is 6.17 Å². The van der Waals surface area contributed by atoms with Crippen LogP contribution in [0, 0.1) is 0 Å². The van der Waals surface area contributed by atoms with Gasteiger partial charge in [0.05, 0.1) is 22.6 Å². The molecule has 0 spiro atoms. The second-order valence-corrected chi connectivity index (χ2v) is 13.3. The van der Waals surface area contributed by atoms with Crippen LogP contribution in [0.4, 0.5) is 34.1 Å². The van der Waals surface area contributed by atoms with Crippen LogP contribution in [0.25, 0.3) is 43.7 Å². The normalized spacial score (nSPS) is 13.7. The van der Waals surface area contributed by atoms with Crippen LogP contribution in [-0.2, 0) is 0 Å². The molecule has 52 heavy (non-hydrogen) atoms. The topological polar surface area (TPSA) is 31.4 Å². The Kier molecular flexibility index (Phi) is 7.17. The van der Waals surface area contributed by atoms with Gasteiger partial charge >= 0.3 is 0 Å². The first-order chi connectivity index (χ1) is 25.8. The number of benzene rings is 8. The summed E-state index contributed by atoms with van der Waals surface area (Å²) in [6.45, 7) is 0. The van der Waals surface area contributed by atoms with Crippen molar-refractivity contribution in [2.45, 2.75) is 6.17 Å². The molecule has 0 amide bonds. The molecule has 4 heteroatoms. The number of pyridine rings is 1. The Hall–Kier alpha value is -6.91. The zero-order chi connectivity index (χ0) is 34.4. The fourth-order valence-electron chi connectivity index (χ4n) is 7.84. The molecule has 0 saturated carbocycles. The van der Waals surface area contributed by atoms with Crippen LogP contribution in [0.2, 0.25) is 0 Å². The molecular formula is C48H34N4. The molecule has 0 bridgehead atoms. The number of nitrogens with zero attached hydrogens (tertiary/aromatic N) is 3. The summed E-state index contributed by atoms with van der Waals surface area (Å²) in [4.78, 5) is 10.2. The number of hydrogen-bond donors (Lipinski definition) is 1. The van der Waals surface area contributed by atoms with Gasteiger partial charge in [0, 0.05) is 44.5 Å². The van der Waals surface area contributed by atoms with Crippen molar-refractivity contribution in [3.05, 3.63) is 200 Å². The number of fused-ring (bicyclic) bond motifs is 6. The summed E-state index contributed by atoms with van der Waals surface area (Å²) in [5.41, 5.74) is 10.9. The summed E-state index contributed by atoms with van der Waals surface area (Å²) >= 11 is 0. The molecule has 0 aliphatic carbocycles. The number of nitrogens with one attached hydrogen (secondary N) is 1. The molecule has 4 nitrogen and oxygen atoms in total. The molecule has 0 fully saturated rings. The van der Waals surface area contributed by atoms with Gasteiger partial charge in [-0.15, -0.1) is 0 Å². The Labute approximate surface area is 302 Å². The van der Waals surface area contributed by atoms with Crippen molar-refractivity contribution in [3.63, 3.8) is 0 Å². The zero-order valence-electron chi connectivity index (χ0n) is 28.4.